The maximum atomic E-state index is 13.4. The van der Waals surface area contributed by atoms with Crippen LogP contribution in [0.2, 0.25) is 0 Å². The monoisotopic (exact) mass is 382 g/mol. The Bertz CT molecular complexity index is 906. The van der Waals surface area contributed by atoms with Crippen LogP contribution in [0.5, 0.6) is 0 Å². The molecule has 0 spiro atoms. The molecule has 1 aromatic heterocycles. The molecule has 3 heterocycles. The van der Waals surface area contributed by atoms with Gasteiger partial charge in [-0.1, -0.05) is 12.1 Å². The van der Waals surface area contributed by atoms with Crippen molar-refractivity contribution in [3.8, 4) is 0 Å². The Labute approximate surface area is 164 Å². The number of fused-ring (bicyclic) bond motifs is 1. The van der Waals surface area contributed by atoms with Crippen LogP contribution in [-0.2, 0) is 16.6 Å². The van der Waals surface area contributed by atoms with Gasteiger partial charge < -0.3 is 15.2 Å². The summed E-state index contributed by atoms with van der Waals surface area (Å²) in [5.41, 5.74) is 0.444. The molecule has 1 saturated heterocycles. The van der Waals surface area contributed by atoms with Crippen molar-refractivity contribution < 1.29 is 9.59 Å². The smallest absolute Gasteiger partial charge is 0.250 e. The number of carbonyl (C=O) groups is 2. The topological polar surface area (TPSA) is 82.5 Å². The van der Waals surface area contributed by atoms with Crippen LogP contribution in [-0.4, -0.2) is 58.0 Å². The highest BCUT2D eigenvalue weighted by Gasteiger charge is 2.44. The van der Waals surface area contributed by atoms with E-state index in [9.17, 15) is 9.59 Å². The van der Waals surface area contributed by atoms with Gasteiger partial charge in [-0.3, -0.25) is 19.4 Å². The molecule has 2 aliphatic rings. The molecular formula is C20H26N6O2. The number of aryl methyl sites for hydroxylation is 1. The number of piperazine rings is 1. The van der Waals surface area contributed by atoms with Gasteiger partial charge in [-0.2, -0.15) is 0 Å². The molecule has 1 aromatic carbocycles. The van der Waals surface area contributed by atoms with Crippen LogP contribution in [0.4, 0.5) is 11.4 Å². The number of aromatic nitrogens is 2. The van der Waals surface area contributed by atoms with Gasteiger partial charge in [0, 0.05) is 39.1 Å². The highest BCUT2D eigenvalue weighted by atomic mass is 16.2. The van der Waals surface area contributed by atoms with Crippen molar-refractivity contribution >= 4 is 23.2 Å². The van der Waals surface area contributed by atoms with Crippen molar-refractivity contribution in [2.75, 3.05) is 36.4 Å². The highest BCUT2D eigenvalue weighted by molar-refractivity contribution is 6.14. The summed E-state index contributed by atoms with van der Waals surface area (Å²) in [7, 11) is 1.96. The van der Waals surface area contributed by atoms with Gasteiger partial charge >= 0.3 is 0 Å². The second-order valence-corrected chi connectivity index (χ2v) is 7.85. The molecule has 8 heteroatoms. The Morgan fingerprint density at radius 3 is 2.86 bits per heavy atom. The van der Waals surface area contributed by atoms with E-state index in [1.807, 2.05) is 42.1 Å². The zero-order valence-electron chi connectivity index (χ0n) is 16.5. The standard InChI is InChI=1S/C20H26N6O2/c1-20(2)19(28)23-14-6-4-5-7-15(14)26(20)17(27)13-25-11-8-21-12-16(25)18-22-9-10-24(18)3/h4-7,9-10,16,21H,8,11-13H2,1-3H3,(H,23,28). The summed E-state index contributed by atoms with van der Waals surface area (Å²) in [4.78, 5) is 34.3. The Kier molecular flexibility index (Phi) is 4.68. The molecule has 148 valence electrons. The van der Waals surface area contributed by atoms with E-state index in [4.69, 9.17) is 0 Å². The van der Waals surface area contributed by atoms with Gasteiger partial charge in [0.05, 0.1) is 24.0 Å². The highest BCUT2D eigenvalue weighted by Crippen LogP contribution is 2.37. The third-order valence-corrected chi connectivity index (χ3v) is 5.61. The molecule has 8 nitrogen and oxygen atoms in total. The third kappa shape index (κ3) is 3.08. The lowest BCUT2D eigenvalue weighted by Gasteiger charge is -2.44. The predicted molar refractivity (Wildman–Crippen MR) is 107 cm³/mol. The van der Waals surface area contributed by atoms with E-state index in [1.54, 1.807) is 24.9 Å². The van der Waals surface area contributed by atoms with E-state index in [1.165, 1.54) is 0 Å². The number of para-hydroxylation sites is 2. The number of imidazole rings is 1. The Balaban J connectivity index is 1.63. The van der Waals surface area contributed by atoms with Crippen LogP contribution in [0.1, 0.15) is 25.7 Å². The number of amides is 2. The van der Waals surface area contributed by atoms with Gasteiger partial charge in [0.2, 0.25) is 11.8 Å². The Morgan fingerprint density at radius 2 is 2.11 bits per heavy atom. The summed E-state index contributed by atoms with van der Waals surface area (Å²) < 4.78 is 1.99. The molecule has 4 rings (SSSR count). The molecule has 28 heavy (non-hydrogen) atoms. The van der Waals surface area contributed by atoms with Crippen LogP contribution in [0, 0.1) is 0 Å². The van der Waals surface area contributed by atoms with E-state index in [2.05, 4.69) is 20.5 Å². The lowest BCUT2D eigenvalue weighted by atomic mass is 9.96. The van der Waals surface area contributed by atoms with Gasteiger partial charge in [-0.25, -0.2) is 4.98 Å². The first-order chi connectivity index (χ1) is 13.4. The molecule has 1 unspecified atom stereocenters. The third-order valence-electron chi connectivity index (χ3n) is 5.61. The number of nitrogens with zero attached hydrogens (tertiary/aromatic N) is 4. The van der Waals surface area contributed by atoms with Gasteiger partial charge in [-0.15, -0.1) is 0 Å². The maximum absolute atomic E-state index is 13.4. The fourth-order valence-corrected chi connectivity index (χ4v) is 4.03. The average Bonchev–Trinajstić information content (AvgIpc) is 3.08. The zero-order chi connectivity index (χ0) is 19.9. The molecule has 0 aliphatic carbocycles. The van der Waals surface area contributed by atoms with Crippen LogP contribution in [0.3, 0.4) is 0 Å². The Hall–Kier alpha value is -2.71. The average molecular weight is 382 g/mol. The largest absolute Gasteiger partial charge is 0.337 e. The van der Waals surface area contributed by atoms with Gasteiger partial charge in [0.1, 0.15) is 11.4 Å². The summed E-state index contributed by atoms with van der Waals surface area (Å²) in [5.74, 6) is 0.657. The predicted octanol–water partition coefficient (Wildman–Crippen LogP) is 1.13. The molecule has 2 amide bonds. The lowest BCUT2D eigenvalue weighted by Crippen LogP contribution is -2.61. The van der Waals surface area contributed by atoms with Crippen LogP contribution in [0.25, 0.3) is 0 Å². The van der Waals surface area contributed by atoms with E-state index in [0.29, 0.717) is 5.69 Å². The summed E-state index contributed by atoms with van der Waals surface area (Å²) in [6, 6.07) is 7.45. The van der Waals surface area contributed by atoms with Crippen LogP contribution < -0.4 is 15.5 Å². The fraction of sp³-hybridized carbons (Fsp3) is 0.450. The van der Waals surface area contributed by atoms with E-state index in [-0.39, 0.29) is 24.4 Å². The minimum Gasteiger partial charge on any atom is -0.337 e. The van der Waals surface area contributed by atoms with Crippen molar-refractivity contribution in [1.82, 2.24) is 19.8 Å². The zero-order valence-corrected chi connectivity index (χ0v) is 16.5. The summed E-state index contributed by atoms with van der Waals surface area (Å²) >= 11 is 0. The second kappa shape index (κ2) is 7.03. The number of nitrogens with one attached hydrogen (secondary N) is 2. The first kappa shape index (κ1) is 18.6. The van der Waals surface area contributed by atoms with Gasteiger partial charge in [0.25, 0.3) is 0 Å². The minimum atomic E-state index is -0.960. The maximum Gasteiger partial charge on any atom is 0.250 e. The molecule has 1 fully saturated rings. The molecule has 2 aliphatic heterocycles. The molecule has 1 atom stereocenters. The number of benzene rings is 1. The normalized spacial score (nSPS) is 21.9. The first-order valence-electron chi connectivity index (χ1n) is 9.55. The number of rotatable bonds is 3. The quantitative estimate of drug-likeness (QED) is 0.832. The van der Waals surface area contributed by atoms with Crippen molar-refractivity contribution in [1.29, 1.82) is 0 Å². The summed E-state index contributed by atoms with van der Waals surface area (Å²) in [6.45, 7) is 6.08. The van der Waals surface area contributed by atoms with Crippen molar-refractivity contribution in [3.63, 3.8) is 0 Å². The first-order valence-corrected chi connectivity index (χ1v) is 9.55. The molecule has 0 radical (unpaired) electrons. The van der Waals surface area contributed by atoms with Gasteiger partial charge in [0.15, 0.2) is 0 Å². The van der Waals surface area contributed by atoms with E-state index >= 15 is 0 Å². The number of hydrogen-bond acceptors (Lipinski definition) is 5. The lowest BCUT2D eigenvalue weighted by molar-refractivity contribution is -0.127. The molecule has 2 N–H and O–H groups in total. The Morgan fingerprint density at radius 1 is 1.32 bits per heavy atom. The number of hydrogen-bond donors (Lipinski definition) is 2. The minimum absolute atomic E-state index is 0.00896. The van der Waals surface area contributed by atoms with Crippen molar-refractivity contribution in [2.45, 2.75) is 25.4 Å². The number of anilines is 2. The van der Waals surface area contributed by atoms with Crippen LogP contribution in [0.15, 0.2) is 36.7 Å². The SMILES string of the molecule is Cn1ccnc1C1CNCCN1CC(=O)N1c2ccccc2NC(=O)C1(C)C. The van der Waals surface area contributed by atoms with Crippen LogP contribution >= 0.6 is 0 Å². The fourth-order valence-electron chi connectivity index (χ4n) is 4.03. The van der Waals surface area contributed by atoms with Gasteiger partial charge in [-0.05, 0) is 26.0 Å². The molecule has 0 saturated carbocycles. The van der Waals surface area contributed by atoms with Crippen molar-refractivity contribution in [3.05, 3.63) is 42.5 Å². The summed E-state index contributed by atoms with van der Waals surface area (Å²) in [6.07, 6.45) is 3.69. The summed E-state index contributed by atoms with van der Waals surface area (Å²) in [5, 5.41) is 6.30. The molecular weight excluding hydrogens is 356 g/mol. The van der Waals surface area contributed by atoms with Crippen molar-refractivity contribution in [2.24, 2.45) is 7.05 Å². The molecule has 2 aromatic rings. The number of carbonyl (C=O) groups excluding carboxylic acids is 2. The van der Waals surface area contributed by atoms with E-state index in [0.717, 1.165) is 31.1 Å². The molecule has 0 bridgehead atoms. The second-order valence-electron chi connectivity index (χ2n) is 7.85. The van der Waals surface area contributed by atoms with E-state index < -0.39 is 5.54 Å².